The maximum Gasteiger partial charge on any atom is 0.276 e. The van der Waals surface area contributed by atoms with Crippen LogP contribution in [0.3, 0.4) is 0 Å². The summed E-state index contributed by atoms with van der Waals surface area (Å²) in [6, 6.07) is 6.39. The van der Waals surface area contributed by atoms with Crippen molar-refractivity contribution < 1.29 is 13.9 Å². The molecule has 6 nitrogen and oxygen atoms in total. The van der Waals surface area contributed by atoms with Crippen LogP contribution in [0.15, 0.2) is 35.1 Å². The van der Waals surface area contributed by atoms with Crippen molar-refractivity contribution in [1.82, 2.24) is 10.2 Å². The van der Waals surface area contributed by atoms with Gasteiger partial charge in [0.25, 0.3) is 11.5 Å². The minimum Gasteiger partial charge on any atom is -0.494 e. The van der Waals surface area contributed by atoms with E-state index in [2.05, 4.69) is 15.5 Å². The third-order valence-corrected chi connectivity index (χ3v) is 2.32. The van der Waals surface area contributed by atoms with Crippen LogP contribution in [0.1, 0.15) is 10.5 Å². The maximum atomic E-state index is 13.2. The first-order chi connectivity index (χ1) is 9.10. The molecular weight excluding hydrogens is 253 g/mol. The normalized spacial score (nSPS) is 10.0. The Balaban J connectivity index is 2.19. The van der Waals surface area contributed by atoms with Gasteiger partial charge in [-0.1, -0.05) is 0 Å². The lowest BCUT2D eigenvalue weighted by molar-refractivity contribution is 0.102. The van der Waals surface area contributed by atoms with Crippen molar-refractivity contribution in [3.63, 3.8) is 0 Å². The van der Waals surface area contributed by atoms with Gasteiger partial charge in [-0.25, -0.2) is 9.49 Å². The van der Waals surface area contributed by atoms with Gasteiger partial charge in [0.15, 0.2) is 11.6 Å². The molecule has 0 radical (unpaired) electrons. The monoisotopic (exact) mass is 263 g/mol. The molecule has 0 atom stereocenters. The molecule has 1 aromatic heterocycles. The number of hydrogen-bond acceptors (Lipinski definition) is 4. The van der Waals surface area contributed by atoms with E-state index in [1.165, 1.54) is 37.4 Å². The molecule has 2 aromatic rings. The number of carbonyl (C=O) groups is 1. The van der Waals surface area contributed by atoms with E-state index in [-0.39, 0.29) is 11.4 Å². The summed E-state index contributed by atoms with van der Waals surface area (Å²) in [5.74, 6) is -1.03. The molecule has 0 fully saturated rings. The van der Waals surface area contributed by atoms with Crippen molar-refractivity contribution in [2.75, 3.05) is 12.4 Å². The Morgan fingerprint density at radius 3 is 2.79 bits per heavy atom. The van der Waals surface area contributed by atoms with Crippen LogP contribution in [-0.4, -0.2) is 23.2 Å². The highest BCUT2D eigenvalue weighted by Gasteiger charge is 2.10. The zero-order chi connectivity index (χ0) is 13.8. The number of anilines is 1. The van der Waals surface area contributed by atoms with Crippen molar-refractivity contribution in [2.45, 2.75) is 0 Å². The van der Waals surface area contributed by atoms with E-state index in [4.69, 9.17) is 4.74 Å². The number of H-pyrrole nitrogens is 1. The first-order valence-electron chi connectivity index (χ1n) is 5.31. The molecule has 0 aliphatic carbocycles. The van der Waals surface area contributed by atoms with Gasteiger partial charge in [0, 0.05) is 17.8 Å². The minimum atomic E-state index is -0.525. The molecule has 0 aliphatic heterocycles. The number of nitrogens with zero attached hydrogens (tertiary/aromatic N) is 1. The summed E-state index contributed by atoms with van der Waals surface area (Å²) < 4.78 is 18.0. The molecule has 0 saturated heterocycles. The molecule has 0 saturated carbocycles. The zero-order valence-corrected chi connectivity index (χ0v) is 9.94. The van der Waals surface area contributed by atoms with Crippen molar-refractivity contribution in [3.05, 3.63) is 52.2 Å². The Morgan fingerprint density at radius 1 is 1.37 bits per heavy atom. The van der Waals surface area contributed by atoms with E-state index in [0.717, 1.165) is 0 Å². The standard InChI is InChI=1S/C12H10FN3O3/c1-19-10-6-7(2-3-8(10)13)14-12(18)9-4-5-11(17)16-15-9/h2-6H,1H3,(H,14,18)(H,16,17). The van der Waals surface area contributed by atoms with Crippen LogP contribution in [0.2, 0.25) is 0 Å². The Hall–Kier alpha value is -2.70. The fourth-order valence-electron chi connectivity index (χ4n) is 1.40. The van der Waals surface area contributed by atoms with Gasteiger partial charge in [-0.3, -0.25) is 9.59 Å². The number of rotatable bonds is 3. The Kier molecular flexibility index (Phi) is 3.56. The van der Waals surface area contributed by atoms with Crippen LogP contribution < -0.4 is 15.6 Å². The van der Waals surface area contributed by atoms with Gasteiger partial charge in [-0.2, -0.15) is 5.10 Å². The molecule has 7 heteroatoms. The molecule has 98 valence electrons. The number of benzene rings is 1. The molecule has 0 aliphatic rings. The number of halogens is 1. The van der Waals surface area contributed by atoms with E-state index in [0.29, 0.717) is 5.69 Å². The zero-order valence-electron chi connectivity index (χ0n) is 9.94. The van der Waals surface area contributed by atoms with Crippen LogP contribution in [-0.2, 0) is 0 Å². The summed E-state index contributed by atoms with van der Waals surface area (Å²) in [6.07, 6.45) is 0. The van der Waals surface area contributed by atoms with Crippen molar-refractivity contribution >= 4 is 11.6 Å². The second-order valence-electron chi connectivity index (χ2n) is 3.61. The van der Waals surface area contributed by atoms with Gasteiger partial charge in [-0.15, -0.1) is 0 Å². The van der Waals surface area contributed by atoms with Gasteiger partial charge < -0.3 is 10.1 Å². The highest BCUT2D eigenvalue weighted by molar-refractivity contribution is 6.02. The largest absolute Gasteiger partial charge is 0.494 e. The number of amides is 1. The summed E-state index contributed by atoms with van der Waals surface area (Å²) in [4.78, 5) is 22.6. The predicted molar refractivity (Wildman–Crippen MR) is 65.8 cm³/mol. The van der Waals surface area contributed by atoms with Gasteiger partial charge >= 0.3 is 0 Å². The van der Waals surface area contributed by atoms with E-state index >= 15 is 0 Å². The van der Waals surface area contributed by atoms with Crippen molar-refractivity contribution in [1.29, 1.82) is 0 Å². The second-order valence-corrected chi connectivity index (χ2v) is 3.61. The topological polar surface area (TPSA) is 84.1 Å². The predicted octanol–water partition coefficient (Wildman–Crippen LogP) is 1.17. The van der Waals surface area contributed by atoms with Crippen LogP contribution in [0.4, 0.5) is 10.1 Å². The smallest absolute Gasteiger partial charge is 0.276 e. The minimum absolute atomic E-state index is 0.0206. The molecular formula is C12H10FN3O3. The average Bonchev–Trinajstić information content (AvgIpc) is 2.41. The highest BCUT2D eigenvalue weighted by atomic mass is 19.1. The number of methoxy groups -OCH3 is 1. The summed E-state index contributed by atoms with van der Waals surface area (Å²) in [5.41, 5.74) is -0.000793. The van der Waals surface area contributed by atoms with Crippen molar-refractivity contribution in [2.24, 2.45) is 0 Å². The average molecular weight is 263 g/mol. The van der Waals surface area contributed by atoms with E-state index < -0.39 is 17.3 Å². The summed E-state index contributed by atoms with van der Waals surface area (Å²) in [7, 11) is 1.33. The molecule has 2 rings (SSSR count). The van der Waals surface area contributed by atoms with Crippen LogP contribution >= 0.6 is 0 Å². The van der Waals surface area contributed by atoms with E-state index in [1.807, 2.05) is 0 Å². The summed E-state index contributed by atoms with van der Waals surface area (Å²) in [6.45, 7) is 0. The SMILES string of the molecule is COc1cc(NC(=O)c2ccc(=O)[nH]n2)ccc1F. The number of ether oxygens (including phenoxy) is 1. The lowest BCUT2D eigenvalue weighted by Gasteiger charge is -2.07. The number of hydrogen-bond donors (Lipinski definition) is 2. The van der Waals surface area contributed by atoms with Gasteiger partial charge in [0.1, 0.15) is 5.69 Å². The molecule has 19 heavy (non-hydrogen) atoms. The second kappa shape index (κ2) is 5.30. The van der Waals surface area contributed by atoms with Crippen LogP contribution in [0.5, 0.6) is 5.75 Å². The third-order valence-electron chi connectivity index (χ3n) is 2.32. The lowest BCUT2D eigenvalue weighted by atomic mass is 10.2. The van der Waals surface area contributed by atoms with Crippen LogP contribution in [0, 0.1) is 5.82 Å². The number of carbonyl (C=O) groups excluding carboxylic acids is 1. The Labute approximate surface area is 107 Å². The highest BCUT2D eigenvalue weighted by Crippen LogP contribution is 2.21. The molecule has 0 bridgehead atoms. The number of nitrogens with one attached hydrogen (secondary N) is 2. The fourth-order valence-corrected chi connectivity index (χ4v) is 1.40. The van der Waals surface area contributed by atoms with Crippen molar-refractivity contribution in [3.8, 4) is 5.75 Å². The first kappa shape index (κ1) is 12.7. The summed E-state index contributed by atoms with van der Waals surface area (Å²) in [5, 5.41) is 8.24. The number of aromatic nitrogens is 2. The molecule has 1 heterocycles. The van der Waals surface area contributed by atoms with Crippen LogP contribution in [0.25, 0.3) is 0 Å². The fraction of sp³-hybridized carbons (Fsp3) is 0.0833. The van der Waals surface area contributed by atoms with E-state index in [1.54, 1.807) is 0 Å². The molecule has 1 aromatic carbocycles. The van der Waals surface area contributed by atoms with Gasteiger partial charge in [-0.05, 0) is 18.2 Å². The van der Waals surface area contributed by atoms with Gasteiger partial charge in [0.2, 0.25) is 0 Å². The Bertz CT molecular complexity index is 649. The van der Waals surface area contributed by atoms with Gasteiger partial charge in [0.05, 0.1) is 7.11 Å². The number of aromatic amines is 1. The maximum absolute atomic E-state index is 13.2. The Morgan fingerprint density at radius 2 is 2.16 bits per heavy atom. The lowest BCUT2D eigenvalue weighted by Crippen LogP contribution is -2.17. The molecule has 0 spiro atoms. The first-order valence-corrected chi connectivity index (χ1v) is 5.31. The molecule has 2 N–H and O–H groups in total. The quantitative estimate of drug-likeness (QED) is 0.870. The van der Waals surface area contributed by atoms with E-state index in [9.17, 15) is 14.0 Å². The third kappa shape index (κ3) is 2.95. The summed E-state index contributed by atoms with van der Waals surface area (Å²) >= 11 is 0. The molecule has 1 amide bonds. The molecule has 0 unspecified atom stereocenters.